The smallest absolute Gasteiger partial charge is 0.261 e. The van der Waals surface area contributed by atoms with Crippen LogP contribution in [-0.2, 0) is 6.54 Å². The van der Waals surface area contributed by atoms with Gasteiger partial charge < -0.3 is 15.1 Å². The molecule has 0 saturated carbocycles. The van der Waals surface area contributed by atoms with Crippen molar-refractivity contribution in [3.8, 4) is 0 Å². The first-order valence-corrected chi connectivity index (χ1v) is 11.9. The van der Waals surface area contributed by atoms with E-state index in [1.54, 1.807) is 54.7 Å². The fraction of sp³-hybridized carbons (Fsp3) is 0.179. The number of benzene rings is 3. The van der Waals surface area contributed by atoms with Gasteiger partial charge in [0, 0.05) is 46.9 Å². The van der Waals surface area contributed by atoms with Gasteiger partial charge in [-0.1, -0.05) is 18.2 Å². The number of anilines is 1. The molecule has 1 aliphatic heterocycles. The van der Waals surface area contributed by atoms with Gasteiger partial charge in [0.05, 0.1) is 36.8 Å². The first-order chi connectivity index (χ1) is 18.1. The number of aliphatic hydroxyl groups excluding tert-OH is 2. The molecule has 1 aromatic heterocycles. The Kier molecular flexibility index (Phi) is 6.98. The van der Waals surface area contributed by atoms with Crippen LogP contribution >= 0.6 is 0 Å². The third kappa shape index (κ3) is 4.82. The normalized spacial score (nSPS) is 13.1. The minimum Gasteiger partial charge on any atom is -0.395 e. The number of nitrogens with zero attached hydrogens (tertiary/aromatic N) is 5. The van der Waals surface area contributed by atoms with Gasteiger partial charge in [0.1, 0.15) is 0 Å². The lowest BCUT2D eigenvalue weighted by molar-refractivity contribution is 0.0596. The predicted molar refractivity (Wildman–Crippen MR) is 139 cm³/mol. The number of aromatic nitrogens is 1. The summed E-state index contributed by atoms with van der Waals surface area (Å²) in [6.07, 6.45) is 1.63. The van der Waals surface area contributed by atoms with Crippen LogP contribution < -0.4 is 4.90 Å². The van der Waals surface area contributed by atoms with Crippen LogP contribution in [-0.4, -0.2) is 58.2 Å². The van der Waals surface area contributed by atoms with Crippen LogP contribution in [0, 0.1) is 0 Å². The van der Waals surface area contributed by atoms with E-state index in [9.17, 15) is 19.8 Å². The molecule has 0 bridgehead atoms. The molecule has 2 N–H and O–H groups in total. The summed E-state index contributed by atoms with van der Waals surface area (Å²) in [4.78, 5) is 33.9. The molecule has 5 rings (SSSR count). The highest BCUT2D eigenvalue weighted by Crippen LogP contribution is 2.36. The van der Waals surface area contributed by atoms with Crippen LogP contribution in [0.2, 0.25) is 0 Å². The second kappa shape index (κ2) is 10.7. The second-order valence-corrected chi connectivity index (χ2v) is 8.53. The molecule has 0 atom stereocenters. The van der Waals surface area contributed by atoms with Gasteiger partial charge in [-0.25, -0.2) is 0 Å². The topological polar surface area (TPSA) is 119 Å². The van der Waals surface area contributed by atoms with E-state index in [-0.39, 0.29) is 31.6 Å². The van der Waals surface area contributed by atoms with E-state index in [2.05, 4.69) is 15.2 Å². The highest BCUT2D eigenvalue weighted by atomic mass is 16.3. The molecular formula is C28H25N5O4. The summed E-state index contributed by atoms with van der Waals surface area (Å²) >= 11 is 0. The van der Waals surface area contributed by atoms with E-state index in [1.807, 2.05) is 29.2 Å². The molecule has 37 heavy (non-hydrogen) atoms. The third-order valence-electron chi connectivity index (χ3n) is 6.24. The number of hydrogen-bond donors (Lipinski definition) is 2. The Bertz CT molecular complexity index is 1440. The molecule has 2 amide bonds. The molecule has 0 spiro atoms. The Labute approximate surface area is 213 Å². The Balaban J connectivity index is 1.44. The van der Waals surface area contributed by atoms with Gasteiger partial charge in [-0.3, -0.25) is 19.5 Å². The summed E-state index contributed by atoms with van der Waals surface area (Å²) in [7, 11) is 0. The van der Waals surface area contributed by atoms with Crippen LogP contribution in [0.15, 0.2) is 89.2 Å². The lowest BCUT2D eigenvalue weighted by Crippen LogP contribution is -2.39. The van der Waals surface area contributed by atoms with Crippen molar-refractivity contribution in [2.45, 2.75) is 6.54 Å². The molecule has 0 fully saturated rings. The maximum absolute atomic E-state index is 13.3. The fourth-order valence-corrected chi connectivity index (χ4v) is 4.47. The molecule has 9 nitrogen and oxygen atoms in total. The second-order valence-electron chi connectivity index (χ2n) is 8.53. The average Bonchev–Trinajstić information content (AvgIpc) is 2.94. The van der Waals surface area contributed by atoms with E-state index >= 15 is 0 Å². The number of carbonyl (C=O) groups excluding carboxylic acids is 2. The number of amides is 2. The van der Waals surface area contributed by atoms with Gasteiger partial charge >= 0.3 is 0 Å². The summed E-state index contributed by atoms with van der Waals surface area (Å²) in [6.45, 7) is 0.897. The minimum absolute atomic E-state index is 0.0154. The Morgan fingerprint density at radius 3 is 2.19 bits per heavy atom. The zero-order valence-electron chi connectivity index (χ0n) is 20.0. The maximum atomic E-state index is 13.3. The van der Waals surface area contributed by atoms with Crippen molar-refractivity contribution >= 4 is 39.6 Å². The molecule has 0 aliphatic carbocycles. The summed E-state index contributed by atoms with van der Waals surface area (Å²) in [6, 6.07) is 21.4. The van der Waals surface area contributed by atoms with Crippen molar-refractivity contribution in [1.29, 1.82) is 0 Å². The zero-order valence-corrected chi connectivity index (χ0v) is 20.0. The van der Waals surface area contributed by atoms with Crippen LogP contribution in [0.1, 0.15) is 26.4 Å². The molecular weight excluding hydrogens is 470 g/mol. The standard InChI is InChI=1S/C28H25N5O4/c34-16-14-32(15-17-35)21-9-7-19(8-10-21)30-31-25-12-11-24-26-22(25)5-3-6-23(26)27(36)33(28(24)37)18-20-4-1-2-13-29-20/h1-13,34-35H,14-18H2. The number of imide groups is 1. The first-order valence-electron chi connectivity index (χ1n) is 11.9. The number of azo groups is 1. The van der Waals surface area contributed by atoms with Crippen LogP contribution in [0.25, 0.3) is 10.8 Å². The number of aliphatic hydroxyl groups is 2. The Morgan fingerprint density at radius 1 is 0.784 bits per heavy atom. The average molecular weight is 496 g/mol. The van der Waals surface area contributed by atoms with Crippen molar-refractivity contribution in [2.24, 2.45) is 10.2 Å². The van der Waals surface area contributed by atoms with Crippen molar-refractivity contribution in [3.05, 3.63) is 95.8 Å². The summed E-state index contributed by atoms with van der Waals surface area (Å²) in [5.74, 6) is -0.734. The van der Waals surface area contributed by atoms with Gasteiger partial charge in [-0.05, 0) is 54.6 Å². The van der Waals surface area contributed by atoms with E-state index in [1.165, 1.54) is 4.90 Å². The van der Waals surface area contributed by atoms with E-state index in [0.717, 1.165) is 5.69 Å². The number of carbonyl (C=O) groups is 2. The summed E-state index contributed by atoms with van der Waals surface area (Å²) in [5, 5.41) is 28.5. The number of pyridine rings is 1. The predicted octanol–water partition coefficient (Wildman–Crippen LogP) is 4.24. The van der Waals surface area contributed by atoms with Crippen molar-refractivity contribution in [2.75, 3.05) is 31.2 Å². The monoisotopic (exact) mass is 495 g/mol. The largest absolute Gasteiger partial charge is 0.395 e. The summed E-state index contributed by atoms with van der Waals surface area (Å²) in [5.41, 5.74) is 3.54. The van der Waals surface area contributed by atoms with Crippen LogP contribution in [0.4, 0.5) is 17.1 Å². The Hall–Kier alpha value is -4.47. The fourth-order valence-electron chi connectivity index (χ4n) is 4.47. The van der Waals surface area contributed by atoms with Crippen molar-refractivity contribution in [3.63, 3.8) is 0 Å². The molecule has 1 aliphatic rings. The molecule has 3 aromatic carbocycles. The van der Waals surface area contributed by atoms with E-state index < -0.39 is 0 Å². The van der Waals surface area contributed by atoms with Crippen molar-refractivity contribution in [1.82, 2.24) is 9.88 Å². The van der Waals surface area contributed by atoms with Gasteiger partial charge in [0.2, 0.25) is 0 Å². The van der Waals surface area contributed by atoms with Gasteiger partial charge in [-0.2, -0.15) is 5.11 Å². The molecule has 9 heteroatoms. The molecule has 0 radical (unpaired) electrons. The zero-order chi connectivity index (χ0) is 25.8. The molecule has 0 saturated heterocycles. The highest BCUT2D eigenvalue weighted by Gasteiger charge is 2.33. The molecule has 186 valence electrons. The van der Waals surface area contributed by atoms with Crippen LogP contribution in [0.5, 0.6) is 0 Å². The quantitative estimate of drug-likeness (QED) is 0.265. The highest BCUT2D eigenvalue weighted by molar-refractivity contribution is 6.26. The van der Waals surface area contributed by atoms with Gasteiger partial charge in [0.15, 0.2) is 0 Å². The van der Waals surface area contributed by atoms with Gasteiger partial charge in [0.25, 0.3) is 11.8 Å². The molecule has 4 aromatic rings. The lowest BCUT2D eigenvalue weighted by Gasteiger charge is -2.27. The first kappa shape index (κ1) is 24.2. The molecule has 2 heterocycles. The summed E-state index contributed by atoms with van der Waals surface area (Å²) < 4.78 is 0. The minimum atomic E-state index is -0.367. The number of hydrogen-bond acceptors (Lipinski definition) is 8. The van der Waals surface area contributed by atoms with Crippen molar-refractivity contribution < 1.29 is 19.8 Å². The maximum Gasteiger partial charge on any atom is 0.261 e. The van der Waals surface area contributed by atoms with E-state index in [0.29, 0.717) is 52.1 Å². The van der Waals surface area contributed by atoms with Crippen LogP contribution in [0.3, 0.4) is 0 Å². The third-order valence-corrected chi connectivity index (χ3v) is 6.24. The SMILES string of the molecule is O=C1c2cccc3c(N=Nc4ccc(N(CCO)CCO)cc4)ccc(c23)C(=O)N1Cc1ccccn1. The van der Waals surface area contributed by atoms with Gasteiger partial charge in [-0.15, -0.1) is 5.11 Å². The lowest BCUT2D eigenvalue weighted by atomic mass is 9.93. The van der Waals surface area contributed by atoms with E-state index in [4.69, 9.17) is 0 Å². The molecule has 0 unspecified atom stereocenters. The Morgan fingerprint density at radius 2 is 1.51 bits per heavy atom. The number of rotatable bonds is 9.